The van der Waals surface area contributed by atoms with Crippen LogP contribution in [0.2, 0.25) is 0 Å². The van der Waals surface area contributed by atoms with E-state index in [0.29, 0.717) is 11.5 Å². The second-order valence-electron chi connectivity index (χ2n) is 6.32. The minimum atomic E-state index is -0.303. The van der Waals surface area contributed by atoms with Crippen molar-refractivity contribution in [3.05, 3.63) is 108 Å². The predicted octanol–water partition coefficient (Wildman–Crippen LogP) is 4.53. The average molecular weight is 371 g/mol. The minimum absolute atomic E-state index is 0.183. The van der Waals surface area contributed by atoms with Crippen LogP contribution in [-0.2, 0) is 4.79 Å². The van der Waals surface area contributed by atoms with Crippen molar-refractivity contribution in [2.45, 2.75) is 0 Å². The van der Waals surface area contributed by atoms with Crippen LogP contribution in [-0.4, -0.2) is 23.3 Å². The van der Waals surface area contributed by atoms with Crippen LogP contribution in [0.5, 0.6) is 0 Å². The summed E-state index contributed by atoms with van der Waals surface area (Å²) in [6.45, 7) is 0.227. The van der Waals surface area contributed by atoms with Crippen LogP contribution >= 0.6 is 0 Å². The zero-order chi connectivity index (χ0) is 19.3. The third-order valence-corrected chi connectivity index (χ3v) is 4.37. The molecule has 0 saturated heterocycles. The quantitative estimate of drug-likeness (QED) is 0.670. The van der Waals surface area contributed by atoms with Gasteiger partial charge in [0.25, 0.3) is 5.91 Å². The largest absolute Gasteiger partial charge is 0.367 e. The number of amidine groups is 1. The molecule has 0 bridgehead atoms. The third-order valence-electron chi connectivity index (χ3n) is 4.37. The Morgan fingerprint density at radius 1 is 0.893 bits per heavy atom. The standard InChI is InChI=1S/C23H18FN3O/c24-19-11-13-20(14-12-19)25-16-27-22(18-9-5-2-6-10-18)26-21(23(27)28)15-17-7-3-1-4-8-17/h1-15,25H,16H2/b21-15+. The molecule has 1 heterocycles. The van der Waals surface area contributed by atoms with Gasteiger partial charge in [0, 0.05) is 11.3 Å². The Labute approximate surface area is 162 Å². The van der Waals surface area contributed by atoms with Gasteiger partial charge in [-0.05, 0) is 35.9 Å². The highest BCUT2D eigenvalue weighted by atomic mass is 19.1. The summed E-state index contributed by atoms with van der Waals surface area (Å²) in [7, 11) is 0. The molecule has 0 fully saturated rings. The molecule has 0 aromatic heterocycles. The van der Waals surface area contributed by atoms with Crippen molar-refractivity contribution in [1.82, 2.24) is 4.90 Å². The van der Waals surface area contributed by atoms with E-state index in [2.05, 4.69) is 10.3 Å². The van der Waals surface area contributed by atoms with E-state index in [9.17, 15) is 9.18 Å². The minimum Gasteiger partial charge on any atom is -0.367 e. The molecule has 4 rings (SSSR count). The summed E-state index contributed by atoms with van der Waals surface area (Å²) in [4.78, 5) is 19.2. The highest BCUT2D eigenvalue weighted by Crippen LogP contribution is 2.22. The van der Waals surface area contributed by atoms with Crippen LogP contribution in [0.3, 0.4) is 0 Å². The smallest absolute Gasteiger partial charge is 0.279 e. The van der Waals surface area contributed by atoms with E-state index in [1.165, 1.54) is 12.1 Å². The van der Waals surface area contributed by atoms with Crippen molar-refractivity contribution < 1.29 is 9.18 Å². The maximum absolute atomic E-state index is 13.1. The molecule has 0 unspecified atom stereocenters. The fourth-order valence-corrected chi connectivity index (χ4v) is 2.95. The van der Waals surface area contributed by atoms with Crippen molar-refractivity contribution in [2.75, 3.05) is 12.0 Å². The number of anilines is 1. The van der Waals surface area contributed by atoms with Gasteiger partial charge in [0.15, 0.2) is 0 Å². The normalized spacial score (nSPS) is 15.0. The van der Waals surface area contributed by atoms with Crippen molar-refractivity contribution in [3.63, 3.8) is 0 Å². The highest BCUT2D eigenvalue weighted by Gasteiger charge is 2.30. The molecule has 1 N–H and O–H groups in total. The molecule has 1 aliphatic rings. The third kappa shape index (κ3) is 3.83. The lowest BCUT2D eigenvalue weighted by Gasteiger charge is -2.19. The Hall–Kier alpha value is -3.73. The summed E-state index contributed by atoms with van der Waals surface area (Å²) >= 11 is 0. The first-order valence-electron chi connectivity index (χ1n) is 8.93. The molecule has 0 aliphatic carbocycles. The van der Waals surface area contributed by atoms with Gasteiger partial charge in [-0.15, -0.1) is 0 Å². The number of carbonyl (C=O) groups is 1. The Bertz CT molecular complexity index is 1030. The van der Waals surface area contributed by atoms with E-state index in [4.69, 9.17) is 0 Å². The first kappa shape index (κ1) is 17.7. The van der Waals surface area contributed by atoms with Crippen LogP contribution < -0.4 is 5.32 Å². The van der Waals surface area contributed by atoms with Crippen LogP contribution in [0.4, 0.5) is 10.1 Å². The van der Waals surface area contributed by atoms with Gasteiger partial charge < -0.3 is 5.32 Å². The number of nitrogens with one attached hydrogen (secondary N) is 1. The molecular formula is C23H18FN3O. The topological polar surface area (TPSA) is 44.7 Å². The molecule has 1 aliphatic heterocycles. The van der Waals surface area contributed by atoms with E-state index in [0.717, 1.165) is 16.8 Å². The predicted molar refractivity (Wildman–Crippen MR) is 109 cm³/mol. The van der Waals surface area contributed by atoms with Gasteiger partial charge in [-0.2, -0.15) is 0 Å². The van der Waals surface area contributed by atoms with Crippen LogP contribution in [0.1, 0.15) is 11.1 Å². The molecular weight excluding hydrogens is 353 g/mol. The summed E-state index contributed by atoms with van der Waals surface area (Å²) < 4.78 is 13.1. The molecule has 3 aromatic rings. The fraction of sp³-hybridized carbons (Fsp3) is 0.0435. The lowest BCUT2D eigenvalue weighted by molar-refractivity contribution is -0.122. The second kappa shape index (κ2) is 7.88. The van der Waals surface area contributed by atoms with Gasteiger partial charge in [0.05, 0.1) is 6.67 Å². The maximum Gasteiger partial charge on any atom is 0.279 e. The number of aliphatic imine (C=N–C) groups is 1. The molecule has 0 saturated carbocycles. The van der Waals surface area contributed by atoms with Gasteiger partial charge in [-0.3, -0.25) is 9.69 Å². The monoisotopic (exact) mass is 371 g/mol. The number of carbonyl (C=O) groups excluding carboxylic acids is 1. The summed E-state index contributed by atoms with van der Waals surface area (Å²) in [6, 6.07) is 25.2. The van der Waals surface area contributed by atoms with Gasteiger partial charge >= 0.3 is 0 Å². The summed E-state index contributed by atoms with van der Waals surface area (Å²) in [6.07, 6.45) is 1.78. The molecule has 5 heteroatoms. The molecule has 0 atom stereocenters. The molecule has 138 valence electrons. The summed E-state index contributed by atoms with van der Waals surface area (Å²) in [5.74, 6) is 0.0992. The molecule has 3 aromatic carbocycles. The van der Waals surface area contributed by atoms with Crippen LogP contribution in [0.25, 0.3) is 6.08 Å². The number of rotatable bonds is 5. The van der Waals surface area contributed by atoms with E-state index >= 15 is 0 Å². The van der Waals surface area contributed by atoms with Crippen LogP contribution in [0.15, 0.2) is 95.6 Å². The molecule has 28 heavy (non-hydrogen) atoms. The number of benzene rings is 3. The number of hydrogen-bond acceptors (Lipinski definition) is 3. The number of nitrogens with zero attached hydrogens (tertiary/aromatic N) is 2. The molecule has 0 radical (unpaired) electrons. The molecule has 0 spiro atoms. The lowest BCUT2D eigenvalue weighted by Crippen LogP contribution is -2.37. The summed E-state index contributed by atoms with van der Waals surface area (Å²) in [5.41, 5.74) is 2.87. The fourth-order valence-electron chi connectivity index (χ4n) is 2.95. The first-order valence-corrected chi connectivity index (χ1v) is 8.93. The zero-order valence-electron chi connectivity index (χ0n) is 15.0. The van der Waals surface area contributed by atoms with Crippen LogP contribution in [0, 0.1) is 5.82 Å². The lowest BCUT2D eigenvalue weighted by atomic mass is 10.2. The van der Waals surface area contributed by atoms with Gasteiger partial charge in [0.1, 0.15) is 17.3 Å². The first-order chi connectivity index (χ1) is 13.7. The Morgan fingerprint density at radius 2 is 1.54 bits per heavy atom. The van der Waals surface area contributed by atoms with Crippen molar-refractivity contribution in [1.29, 1.82) is 0 Å². The van der Waals surface area contributed by atoms with E-state index < -0.39 is 0 Å². The number of halogens is 1. The van der Waals surface area contributed by atoms with Gasteiger partial charge in [-0.25, -0.2) is 9.38 Å². The van der Waals surface area contributed by atoms with E-state index in [1.54, 1.807) is 23.1 Å². The van der Waals surface area contributed by atoms with Gasteiger partial charge in [-0.1, -0.05) is 60.7 Å². The SMILES string of the molecule is O=C1/C(=C\c2ccccc2)N=C(c2ccccc2)N1CNc1ccc(F)cc1. The zero-order valence-corrected chi connectivity index (χ0v) is 15.0. The molecule has 1 amide bonds. The van der Waals surface area contributed by atoms with Gasteiger partial charge in [0.2, 0.25) is 0 Å². The Morgan fingerprint density at radius 3 is 2.21 bits per heavy atom. The Kier molecular flexibility index (Phi) is 4.97. The van der Waals surface area contributed by atoms with Crippen molar-refractivity contribution in [2.24, 2.45) is 4.99 Å². The molecule has 4 nitrogen and oxygen atoms in total. The average Bonchev–Trinajstić information content (AvgIpc) is 3.04. The second-order valence-corrected chi connectivity index (χ2v) is 6.32. The van der Waals surface area contributed by atoms with Crippen molar-refractivity contribution in [3.8, 4) is 0 Å². The summed E-state index contributed by atoms with van der Waals surface area (Å²) in [5, 5.41) is 3.16. The Balaban J connectivity index is 1.63. The number of amides is 1. The highest BCUT2D eigenvalue weighted by molar-refractivity contribution is 6.19. The van der Waals surface area contributed by atoms with E-state index in [-0.39, 0.29) is 18.4 Å². The van der Waals surface area contributed by atoms with E-state index in [1.807, 2.05) is 60.7 Å². The van der Waals surface area contributed by atoms with Crippen molar-refractivity contribution >= 4 is 23.5 Å². The maximum atomic E-state index is 13.1. The number of hydrogen-bond donors (Lipinski definition) is 1.